The van der Waals surface area contributed by atoms with E-state index in [0.29, 0.717) is 44.0 Å². The van der Waals surface area contributed by atoms with Crippen molar-refractivity contribution in [1.29, 1.82) is 0 Å². The van der Waals surface area contributed by atoms with Crippen molar-refractivity contribution in [2.75, 3.05) is 49.2 Å². The molecular weight excluding hydrogens is 416 g/mol. The Morgan fingerprint density at radius 1 is 0.871 bits per heavy atom. The number of ether oxygens (including phenoxy) is 1. The van der Waals surface area contributed by atoms with Gasteiger partial charge in [-0.2, -0.15) is 15.0 Å². The van der Waals surface area contributed by atoms with Gasteiger partial charge in [-0.25, -0.2) is 13.1 Å². The highest BCUT2D eigenvalue weighted by molar-refractivity contribution is 7.89. The van der Waals surface area contributed by atoms with Gasteiger partial charge in [-0.1, -0.05) is 6.07 Å². The molecule has 0 bridgehead atoms. The fourth-order valence-electron chi connectivity index (χ4n) is 3.90. The number of sulfonamides is 1. The fraction of sp³-hybridized carbons (Fsp3) is 0.571. The Morgan fingerprint density at radius 2 is 1.45 bits per heavy atom. The molecule has 4 rings (SSSR count). The van der Waals surface area contributed by atoms with Gasteiger partial charge in [0.05, 0.1) is 24.7 Å². The Bertz CT molecular complexity index is 1050. The van der Waals surface area contributed by atoms with Crippen LogP contribution in [0.15, 0.2) is 17.0 Å². The van der Waals surface area contributed by atoms with Crippen molar-refractivity contribution in [3.8, 4) is 0 Å². The SMILES string of the molecule is Cc1cc(C)c(S(=O)(=O)NCc2nc(N3CCCC3)nc(N3CCOCC3)n2)cc1C. The number of rotatable bonds is 6. The summed E-state index contributed by atoms with van der Waals surface area (Å²) in [5.74, 6) is 1.62. The molecule has 0 spiro atoms. The second kappa shape index (κ2) is 9.05. The van der Waals surface area contributed by atoms with Crippen molar-refractivity contribution in [2.24, 2.45) is 0 Å². The Kier molecular flexibility index (Phi) is 6.40. The molecule has 1 aromatic carbocycles. The first-order valence-corrected chi connectivity index (χ1v) is 12.2. The van der Waals surface area contributed by atoms with E-state index in [2.05, 4.69) is 29.5 Å². The van der Waals surface area contributed by atoms with Crippen molar-refractivity contribution in [1.82, 2.24) is 19.7 Å². The predicted octanol–water partition coefficient (Wildman–Crippen LogP) is 1.71. The molecule has 2 fully saturated rings. The topological polar surface area (TPSA) is 101 Å². The summed E-state index contributed by atoms with van der Waals surface area (Å²) < 4.78 is 34.1. The lowest BCUT2D eigenvalue weighted by molar-refractivity contribution is 0.122. The number of hydrogen-bond donors (Lipinski definition) is 1. The van der Waals surface area contributed by atoms with Gasteiger partial charge in [0, 0.05) is 26.2 Å². The monoisotopic (exact) mass is 446 g/mol. The molecular formula is C21H30N6O3S. The number of hydrogen-bond acceptors (Lipinski definition) is 8. The molecule has 2 aromatic rings. The van der Waals surface area contributed by atoms with Crippen LogP contribution in [0.3, 0.4) is 0 Å². The van der Waals surface area contributed by atoms with Crippen LogP contribution in [-0.2, 0) is 21.3 Å². The zero-order valence-corrected chi connectivity index (χ0v) is 19.2. The molecule has 0 saturated carbocycles. The molecule has 0 aliphatic carbocycles. The Hall–Kier alpha value is -2.30. The molecule has 1 N–H and O–H groups in total. The van der Waals surface area contributed by atoms with E-state index in [1.54, 1.807) is 6.07 Å². The smallest absolute Gasteiger partial charge is 0.241 e. The summed E-state index contributed by atoms with van der Waals surface area (Å²) in [6, 6.07) is 3.62. The molecule has 3 heterocycles. The molecule has 31 heavy (non-hydrogen) atoms. The standard InChI is InChI=1S/C21H30N6O3S/c1-15-12-17(3)18(13-16(15)2)31(28,29)22-14-19-23-20(26-6-4-5-7-26)25-21(24-19)27-8-10-30-11-9-27/h12-13,22H,4-11,14H2,1-3H3. The van der Waals surface area contributed by atoms with Crippen molar-refractivity contribution in [3.05, 3.63) is 34.6 Å². The van der Waals surface area contributed by atoms with Gasteiger partial charge in [0.15, 0.2) is 5.82 Å². The third kappa shape index (κ3) is 4.97. The number of aromatic nitrogens is 3. The molecule has 0 unspecified atom stereocenters. The molecule has 0 amide bonds. The van der Waals surface area contributed by atoms with E-state index in [0.717, 1.165) is 42.6 Å². The molecule has 10 heteroatoms. The van der Waals surface area contributed by atoms with Gasteiger partial charge in [-0.15, -0.1) is 0 Å². The van der Waals surface area contributed by atoms with Crippen molar-refractivity contribution >= 4 is 21.9 Å². The van der Waals surface area contributed by atoms with Crippen LogP contribution in [-0.4, -0.2) is 62.8 Å². The summed E-state index contributed by atoms with van der Waals surface area (Å²) in [6.45, 7) is 10.2. The maximum absolute atomic E-state index is 13.0. The third-order valence-corrected chi connectivity index (χ3v) is 7.39. The minimum Gasteiger partial charge on any atom is -0.378 e. The second-order valence-corrected chi connectivity index (χ2v) is 9.91. The van der Waals surface area contributed by atoms with Crippen molar-refractivity contribution in [2.45, 2.75) is 45.1 Å². The fourth-order valence-corrected chi connectivity index (χ4v) is 5.19. The lowest BCUT2D eigenvalue weighted by Crippen LogP contribution is -2.38. The van der Waals surface area contributed by atoms with E-state index >= 15 is 0 Å². The summed E-state index contributed by atoms with van der Waals surface area (Å²) in [5, 5.41) is 0. The Morgan fingerprint density at radius 3 is 2.10 bits per heavy atom. The molecule has 1 aromatic heterocycles. The number of morpholine rings is 1. The second-order valence-electron chi connectivity index (χ2n) is 8.17. The van der Waals surface area contributed by atoms with Crippen LogP contribution in [0.5, 0.6) is 0 Å². The molecule has 2 aliphatic heterocycles. The summed E-state index contributed by atoms with van der Waals surface area (Å²) in [4.78, 5) is 18.3. The van der Waals surface area contributed by atoms with Gasteiger partial charge in [0.25, 0.3) is 0 Å². The predicted molar refractivity (Wildman–Crippen MR) is 119 cm³/mol. The van der Waals surface area contributed by atoms with Crippen LogP contribution in [0.2, 0.25) is 0 Å². The van der Waals surface area contributed by atoms with E-state index in [-0.39, 0.29) is 11.4 Å². The summed E-state index contributed by atoms with van der Waals surface area (Å²) in [5.41, 5.74) is 2.73. The highest BCUT2D eigenvalue weighted by Crippen LogP contribution is 2.22. The van der Waals surface area contributed by atoms with Crippen LogP contribution in [0, 0.1) is 20.8 Å². The maximum atomic E-state index is 13.0. The van der Waals surface area contributed by atoms with Crippen LogP contribution < -0.4 is 14.5 Å². The number of nitrogens with one attached hydrogen (secondary N) is 1. The van der Waals surface area contributed by atoms with E-state index in [9.17, 15) is 8.42 Å². The Balaban J connectivity index is 1.59. The first kappa shape index (κ1) is 21.9. The molecule has 2 saturated heterocycles. The van der Waals surface area contributed by atoms with Crippen molar-refractivity contribution < 1.29 is 13.2 Å². The minimum absolute atomic E-state index is 0.00932. The lowest BCUT2D eigenvalue weighted by atomic mass is 10.1. The molecule has 9 nitrogen and oxygen atoms in total. The zero-order chi connectivity index (χ0) is 22.0. The third-order valence-electron chi connectivity index (χ3n) is 5.84. The number of benzene rings is 1. The molecule has 0 radical (unpaired) electrons. The van der Waals surface area contributed by atoms with E-state index in [1.807, 2.05) is 26.8 Å². The lowest BCUT2D eigenvalue weighted by Gasteiger charge is -2.28. The number of nitrogens with zero attached hydrogens (tertiary/aromatic N) is 5. The van der Waals surface area contributed by atoms with Crippen molar-refractivity contribution in [3.63, 3.8) is 0 Å². The summed E-state index contributed by atoms with van der Waals surface area (Å²) >= 11 is 0. The van der Waals surface area contributed by atoms with Crippen LogP contribution in [0.1, 0.15) is 35.4 Å². The summed E-state index contributed by atoms with van der Waals surface area (Å²) in [7, 11) is -3.70. The quantitative estimate of drug-likeness (QED) is 0.716. The zero-order valence-electron chi connectivity index (χ0n) is 18.4. The first-order chi connectivity index (χ1) is 14.8. The Labute approximate surface area is 183 Å². The van der Waals surface area contributed by atoms with Gasteiger partial charge < -0.3 is 14.5 Å². The summed E-state index contributed by atoms with van der Waals surface area (Å²) in [6.07, 6.45) is 2.21. The maximum Gasteiger partial charge on any atom is 0.241 e. The van der Waals surface area contributed by atoms with Gasteiger partial charge in [0.1, 0.15) is 0 Å². The normalized spacial score (nSPS) is 17.4. The number of anilines is 2. The van der Waals surface area contributed by atoms with Crippen LogP contribution in [0.25, 0.3) is 0 Å². The van der Waals surface area contributed by atoms with E-state index in [1.165, 1.54) is 0 Å². The molecule has 0 atom stereocenters. The first-order valence-electron chi connectivity index (χ1n) is 10.7. The molecule has 2 aliphatic rings. The highest BCUT2D eigenvalue weighted by atomic mass is 32.2. The van der Waals surface area contributed by atoms with Gasteiger partial charge in [0.2, 0.25) is 21.9 Å². The van der Waals surface area contributed by atoms with E-state index in [4.69, 9.17) is 4.74 Å². The number of aryl methyl sites for hydroxylation is 3. The van der Waals surface area contributed by atoms with Gasteiger partial charge in [-0.05, 0) is 56.4 Å². The molecule has 168 valence electrons. The van der Waals surface area contributed by atoms with Crippen LogP contribution >= 0.6 is 0 Å². The minimum atomic E-state index is -3.70. The largest absolute Gasteiger partial charge is 0.378 e. The van der Waals surface area contributed by atoms with Gasteiger partial charge >= 0.3 is 0 Å². The van der Waals surface area contributed by atoms with Crippen LogP contribution in [0.4, 0.5) is 11.9 Å². The van der Waals surface area contributed by atoms with E-state index < -0.39 is 10.0 Å². The average molecular weight is 447 g/mol. The van der Waals surface area contributed by atoms with Gasteiger partial charge in [-0.3, -0.25) is 0 Å². The average Bonchev–Trinajstić information content (AvgIpc) is 3.30. The highest BCUT2D eigenvalue weighted by Gasteiger charge is 2.23.